The number of aryl methyl sites for hydroxylation is 1. The van der Waals surface area contributed by atoms with Crippen LogP contribution in [-0.4, -0.2) is 27.4 Å². The molecule has 5 heteroatoms. The summed E-state index contributed by atoms with van der Waals surface area (Å²) in [7, 11) is 1.87. The Kier molecular flexibility index (Phi) is 2.57. The third-order valence-corrected chi connectivity index (χ3v) is 4.52. The monoisotopic (exact) mass is 270 g/mol. The molecular weight excluding hydrogens is 252 g/mol. The lowest BCUT2D eigenvalue weighted by Gasteiger charge is -2.37. The van der Waals surface area contributed by atoms with Crippen LogP contribution in [0, 0.1) is 5.92 Å². The smallest absolute Gasteiger partial charge is 0.258 e. The number of hydrogen-bond donors (Lipinski definition) is 1. The standard InChI is InChI=1S/C15H18N4O/c1-18-9-12(7-17-18)13-2-3-14-11-4-10(5-16-6-11)8-19(14)15(13)20/h2-3,7,9-11,16H,4-6,8H2,1H3. The van der Waals surface area contributed by atoms with E-state index in [-0.39, 0.29) is 5.56 Å². The zero-order chi connectivity index (χ0) is 13.7. The number of nitrogens with one attached hydrogen (secondary N) is 1. The number of fused-ring (bicyclic) bond motifs is 4. The van der Waals surface area contributed by atoms with Crippen molar-refractivity contribution >= 4 is 0 Å². The van der Waals surface area contributed by atoms with Gasteiger partial charge in [-0.3, -0.25) is 9.48 Å². The summed E-state index contributed by atoms with van der Waals surface area (Å²) < 4.78 is 3.72. The number of hydrogen-bond acceptors (Lipinski definition) is 3. The third-order valence-electron chi connectivity index (χ3n) is 4.52. The van der Waals surface area contributed by atoms with E-state index in [0.29, 0.717) is 11.8 Å². The zero-order valence-corrected chi connectivity index (χ0v) is 11.5. The summed E-state index contributed by atoms with van der Waals surface area (Å²) in [5.74, 6) is 1.07. The topological polar surface area (TPSA) is 51.9 Å². The molecule has 2 aliphatic rings. The van der Waals surface area contributed by atoms with Crippen LogP contribution in [0.25, 0.3) is 11.1 Å². The molecule has 0 aliphatic carbocycles. The van der Waals surface area contributed by atoms with Crippen LogP contribution in [0.15, 0.2) is 29.3 Å². The van der Waals surface area contributed by atoms with Gasteiger partial charge in [-0.15, -0.1) is 0 Å². The van der Waals surface area contributed by atoms with Crippen molar-refractivity contribution in [3.63, 3.8) is 0 Å². The fourth-order valence-corrected chi connectivity index (χ4v) is 3.57. The normalized spacial score (nSPS) is 24.4. The minimum Gasteiger partial charge on any atom is -0.316 e. The van der Waals surface area contributed by atoms with Gasteiger partial charge in [0.1, 0.15) is 0 Å². The van der Waals surface area contributed by atoms with E-state index in [2.05, 4.69) is 16.5 Å². The molecule has 2 aliphatic heterocycles. The average Bonchev–Trinajstić information content (AvgIpc) is 2.87. The summed E-state index contributed by atoms with van der Waals surface area (Å²) in [6.07, 6.45) is 4.86. The van der Waals surface area contributed by atoms with Crippen LogP contribution >= 0.6 is 0 Å². The molecule has 2 aromatic rings. The molecule has 0 amide bonds. The molecule has 5 nitrogen and oxygen atoms in total. The van der Waals surface area contributed by atoms with E-state index in [1.54, 1.807) is 10.9 Å². The van der Waals surface area contributed by atoms with Gasteiger partial charge in [-0.2, -0.15) is 5.10 Å². The molecule has 2 atom stereocenters. The zero-order valence-electron chi connectivity index (χ0n) is 11.5. The third kappa shape index (κ3) is 1.73. The van der Waals surface area contributed by atoms with Crippen molar-refractivity contribution in [1.82, 2.24) is 19.7 Å². The first-order valence-electron chi connectivity index (χ1n) is 7.16. The fraction of sp³-hybridized carbons (Fsp3) is 0.467. The van der Waals surface area contributed by atoms with Gasteiger partial charge in [0.25, 0.3) is 5.56 Å². The van der Waals surface area contributed by atoms with Crippen LogP contribution in [-0.2, 0) is 13.6 Å². The maximum absolute atomic E-state index is 12.8. The second-order valence-electron chi connectivity index (χ2n) is 5.95. The van der Waals surface area contributed by atoms with Crippen LogP contribution in [0.2, 0.25) is 0 Å². The molecule has 1 fully saturated rings. The van der Waals surface area contributed by atoms with E-state index in [1.165, 1.54) is 12.1 Å². The van der Waals surface area contributed by atoms with Gasteiger partial charge in [0.2, 0.25) is 0 Å². The lowest BCUT2D eigenvalue weighted by atomic mass is 9.84. The second kappa shape index (κ2) is 4.31. The largest absolute Gasteiger partial charge is 0.316 e. The van der Waals surface area contributed by atoms with Gasteiger partial charge in [-0.1, -0.05) is 0 Å². The Bertz CT molecular complexity index is 715. The summed E-state index contributed by atoms with van der Waals surface area (Å²) in [5, 5.41) is 7.63. The van der Waals surface area contributed by atoms with Crippen molar-refractivity contribution in [1.29, 1.82) is 0 Å². The molecule has 2 bridgehead atoms. The van der Waals surface area contributed by atoms with Gasteiger partial charge in [0, 0.05) is 43.5 Å². The first-order valence-corrected chi connectivity index (χ1v) is 7.16. The fourth-order valence-electron chi connectivity index (χ4n) is 3.57. The Morgan fingerprint density at radius 2 is 2.25 bits per heavy atom. The number of aromatic nitrogens is 3. The van der Waals surface area contributed by atoms with Crippen LogP contribution in [0.5, 0.6) is 0 Å². The van der Waals surface area contributed by atoms with Crippen LogP contribution in [0.3, 0.4) is 0 Å². The van der Waals surface area contributed by atoms with Gasteiger partial charge >= 0.3 is 0 Å². The SMILES string of the molecule is Cn1cc(-c2ccc3n(c2=O)CC2CNCC3C2)cn1. The maximum Gasteiger partial charge on any atom is 0.258 e. The van der Waals surface area contributed by atoms with E-state index in [1.807, 2.05) is 23.9 Å². The highest BCUT2D eigenvalue weighted by Gasteiger charge is 2.31. The lowest BCUT2D eigenvalue weighted by Crippen LogP contribution is -2.45. The van der Waals surface area contributed by atoms with Gasteiger partial charge in [0.05, 0.1) is 11.8 Å². The molecule has 0 radical (unpaired) electrons. The molecule has 1 N–H and O–H groups in total. The first kappa shape index (κ1) is 11.9. The van der Waals surface area contributed by atoms with Gasteiger partial charge in [-0.25, -0.2) is 0 Å². The molecule has 20 heavy (non-hydrogen) atoms. The molecule has 0 aromatic carbocycles. The molecule has 1 saturated heterocycles. The maximum atomic E-state index is 12.8. The van der Waals surface area contributed by atoms with Crippen LogP contribution < -0.4 is 10.9 Å². The molecule has 2 aromatic heterocycles. The Balaban J connectivity index is 1.86. The Hall–Kier alpha value is -1.88. The van der Waals surface area contributed by atoms with Gasteiger partial charge in [-0.05, 0) is 31.0 Å². The van der Waals surface area contributed by atoms with Crippen molar-refractivity contribution in [3.8, 4) is 11.1 Å². The van der Waals surface area contributed by atoms with E-state index in [0.717, 1.165) is 30.8 Å². The van der Waals surface area contributed by atoms with Gasteiger partial charge < -0.3 is 9.88 Å². The Labute approximate surface area is 117 Å². The van der Waals surface area contributed by atoms with Crippen molar-refractivity contribution in [2.75, 3.05) is 13.1 Å². The minimum absolute atomic E-state index is 0.132. The lowest BCUT2D eigenvalue weighted by molar-refractivity contribution is 0.257. The van der Waals surface area contributed by atoms with E-state index in [9.17, 15) is 4.79 Å². The predicted octanol–water partition coefficient (Wildman–Crippen LogP) is 0.955. The van der Waals surface area contributed by atoms with Crippen LogP contribution in [0.1, 0.15) is 18.0 Å². The first-order chi connectivity index (χ1) is 9.72. The highest BCUT2D eigenvalue weighted by molar-refractivity contribution is 5.60. The molecule has 0 spiro atoms. The predicted molar refractivity (Wildman–Crippen MR) is 76.6 cm³/mol. The summed E-state index contributed by atoms with van der Waals surface area (Å²) in [5.41, 5.74) is 2.98. The molecule has 104 valence electrons. The quantitative estimate of drug-likeness (QED) is 0.839. The molecule has 2 unspecified atom stereocenters. The summed E-state index contributed by atoms with van der Waals surface area (Å²) in [6.45, 7) is 2.85. The van der Waals surface area contributed by atoms with Crippen molar-refractivity contribution < 1.29 is 0 Å². The number of rotatable bonds is 1. The molecule has 0 saturated carbocycles. The minimum atomic E-state index is 0.132. The van der Waals surface area contributed by atoms with E-state index >= 15 is 0 Å². The number of nitrogens with zero attached hydrogens (tertiary/aromatic N) is 3. The number of piperidine rings is 1. The Morgan fingerprint density at radius 1 is 1.35 bits per heavy atom. The molecule has 4 heterocycles. The Morgan fingerprint density at radius 3 is 3.05 bits per heavy atom. The molecule has 4 rings (SSSR count). The van der Waals surface area contributed by atoms with Gasteiger partial charge in [0.15, 0.2) is 0 Å². The second-order valence-corrected chi connectivity index (χ2v) is 5.95. The number of pyridine rings is 1. The van der Waals surface area contributed by atoms with E-state index in [4.69, 9.17) is 0 Å². The van der Waals surface area contributed by atoms with Crippen molar-refractivity contribution in [2.45, 2.75) is 18.9 Å². The van der Waals surface area contributed by atoms with E-state index < -0.39 is 0 Å². The van der Waals surface area contributed by atoms with Crippen molar-refractivity contribution in [2.24, 2.45) is 13.0 Å². The summed E-state index contributed by atoms with van der Waals surface area (Å²) in [4.78, 5) is 12.8. The van der Waals surface area contributed by atoms with Crippen molar-refractivity contribution in [3.05, 3.63) is 40.6 Å². The summed E-state index contributed by atoms with van der Waals surface area (Å²) >= 11 is 0. The van der Waals surface area contributed by atoms with Crippen LogP contribution in [0.4, 0.5) is 0 Å². The highest BCUT2D eigenvalue weighted by Crippen LogP contribution is 2.32. The average molecular weight is 270 g/mol. The molecular formula is C15H18N4O. The summed E-state index contributed by atoms with van der Waals surface area (Å²) in [6, 6.07) is 4.08. The highest BCUT2D eigenvalue weighted by atomic mass is 16.1.